The van der Waals surface area contributed by atoms with Crippen LogP contribution >= 0.6 is 0 Å². The van der Waals surface area contributed by atoms with E-state index in [0.29, 0.717) is 17.8 Å². The van der Waals surface area contributed by atoms with Crippen LogP contribution < -0.4 is 10.2 Å². The number of benzene rings is 2. The molecule has 2 amide bonds. The number of para-hydroxylation sites is 1. The summed E-state index contributed by atoms with van der Waals surface area (Å²) in [6.45, 7) is 4.11. The quantitative estimate of drug-likeness (QED) is 0.543. The molecule has 1 aliphatic heterocycles. The van der Waals surface area contributed by atoms with E-state index in [-0.39, 0.29) is 12.3 Å². The molecule has 6 nitrogen and oxygen atoms in total. The molecule has 0 radical (unpaired) electrons. The van der Waals surface area contributed by atoms with Crippen LogP contribution in [0.5, 0.6) is 0 Å². The normalized spacial score (nSPS) is 16.6. The fourth-order valence-corrected chi connectivity index (χ4v) is 3.71. The Labute approximate surface area is 162 Å². The predicted octanol–water partition coefficient (Wildman–Crippen LogP) is 2.89. The number of hydrogen-bond donors (Lipinski definition) is 2. The Bertz CT molecular complexity index is 1080. The maximum Gasteiger partial charge on any atom is 0.292 e. The van der Waals surface area contributed by atoms with Crippen molar-refractivity contribution in [2.75, 3.05) is 11.4 Å². The highest BCUT2D eigenvalue weighted by molar-refractivity contribution is 6.45. The van der Waals surface area contributed by atoms with E-state index in [1.807, 2.05) is 55.5 Å². The number of nitrogens with zero attached hydrogens (tertiary/aromatic N) is 1. The second-order valence-electron chi connectivity index (χ2n) is 7.21. The SMILES string of the molecule is Cc1ccc(N2C[C@@H](NC(=O)C(=O)c3c(C)[nH]c4ccccc34)CC2=O)cc1. The van der Waals surface area contributed by atoms with Crippen LogP contribution in [0, 0.1) is 13.8 Å². The summed E-state index contributed by atoms with van der Waals surface area (Å²) in [5.74, 6) is -1.34. The van der Waals surface area contributed by atoms with Crippen molar-refractivity contribution >= 4 is 34.2 Å². The Kier molecular flexibility index (Phi) is 4.47. The molecular formula is C22H21N3O3. The summed E-state index contributed by atoms with van der Waals surface area (Å²) in [5, 5.41) is 3.46. The molecule has 0 saturated carbocycles. The number of aromatic nitrogens is 1. The Balaban J connectivity index is 1.49. The molecule has 4 rings (SSSR count). The van der Waals surface area contributed by atoms with Crippen LogP contribution in [-0.4, -0.2) is 35.2 Å². The number of Topliss-reactive ketones (excluding diaryl/α,β-unsaturated/α-hetero) is 1. The maximum absolute atomic E-state index is 12.8. The van der Waals surface area contributed by atoms with Gasteiger partial charge in [0.05, 0.1) is 11.6 Å². The van der Waals surface area contributed by atoms with Crippen molar-refractivity contribution < 1.29 is 14.4 Å². The zero-order valence-corrected chi connectivity index (χ0v) is 15.8. The van der Waals surface area contributed by atoms with Gasteiger partial charge in [0.2, 0.25) is 5.91 Å². The fraction of sp³-hybridized carbons (Fsp3) is 0.227. The van der Waals surface area contributed by atoms with E-state index in [1.165, 1.54) is 0 Å². The first kappa shape index (κ1) is 18.0. The van der Waals surface area contributed by atoms with Gasteiger partial charge in [-0.25, -0.2) is 0 Å². The number of ketones is 1. The smallest absolute Gasteiger partial charge is 0.292 e. The molecule has 142 valence electrons. The van der Waals surface area contributed by atoms with Crippen LogP contribution in [0.25, 0.3) is 10.9 Å². The number of carbonyl (C=O) groups excluding carboxylic acids is 3. The number of nitrogens with one attached hydrogen (secondary N) is 2. The van der Waals surface area contributed by atoms with Crippen molar-refractivity contribution in [2.24, 2.45) is 0 Å². The van der Waals surface area contributed by atoms with Gasteiger partial charge in [-0.3, -0.25) is 14.4 Å². The molecule has 6 heteroatoms. The van der Waals surface area contributed by atoms with Crippen LogP contribution in [0.4, 0.5) is 5.69 Å². The minimum atomic E-state index is -0.684. The third-order valence-corrected chi connectivity index (χ3v) is 5.13. The molecule has 1 fully saturated rings. The summed E-state index contributed by atoms with van der Waals surface area (Å²) >= 11 is 0. The molecule has 3 aromatic rings. The standard InChI is InChI=1S/C22H21N3O3/c1-13-7-9-16(10-8-13)25-12-15(11-19(25)26)24-22(28)21(27)20-14(2)23-18-6-4-3-5-17(18)20/h3-10,15,23H,11-12H2,1-2H3,(H,24,28)/t15-/m0/s1. The van der Waals surface area contributed by atoms with Gasteiger partial charge < -0.3 is 15.2 Å². The molecule has 2 heterocycles. The first-order chi connectivity index (χ1) is 13.4. The van der Waals surface area contributed by atoms with E-state index in [9.17, 15) is 14.4 Å². The number of amides is 2. The van der Waals surface area contributed by atoms with Crippen LogP contribution in [0.1, 0.15) is 28.0 Å². The number of aryl methyl sites for hydroxylation is 2. The topological polar surface area (TPSA) is 82.3 Å². The lowest BCUT2D eigenvalue weighted by Gasteiger charge is -2.17. The summed E-state index contributed by atoms with van der Waals surface area (Å²) < 4.78 is 0. The lowest BCUT2D eigenvalue weighted by molar-refractivity contribution is -0.118. The Morgan fingerprint density at radius 2 is 1.79 bits per heavy atom. The van der Waals surface area contributed by atoms with Gasteiger partial charge in [0.15, 0.2) is 0 Å². The second-order valence-corrected chi connectivity index (χ2v) is 7.21. The van der Waals surface area contributed by atoms with Gasteiger partial charge >= 0.3 is 0 Å². The first-order valence-electron chi connectivity index (χ1n) is 9.23. The van der Waals surface area contributed by atoms with E-state index in [1.54, 1.807) is 11.8 Å². The molecule has 1 saturated heterocycles. The largest absolute Gasteiger partial charge is 0.358 e. The van der Waals surface area contributed by atoms with Gasteiger partial charge in [0, 0.05) is 35.2 Å². The van der Waals surface area contributed by atoms with Crippen molar-refractivity contribution in [1.29, 1.82) is 0 Å². The molecule has 28 heavy (non-hydrogen) atoms. The van der Waals surface area contributed by atoms with E-state index in [4.69, 9.17) is 0 Å². The van der Waals surface area contributed by atoms with Crippen LogP contribution in [-0.2, 0) is 9.59 Å². The second kappa shape index (κ2) is 6.96. The predicted molar refractivity (Wildman–Crippen MR) is 107 cm³/mol. The highest BCUT2D eigenvalue weighted by Gasteiger charge is 2.33. The highest BCUT2D eigenvalue weighted by atomic mass is 16.2. The van der Waals surface area contributed by atoms with Crippen LogP contribution in [0.2, 0.25) is 0 Å². The lowest BCUT2D eigenvalue weighted by Crippen LogP contribution is -2.41. The Morgan fingerprint density at radius 3 is 2.54 bits per heavy atom. The maximum atomic E-state index is 12.8. The van der Waals surface area contributed by atoms with Crippen molar-refractivity contribution in [3.8, 4) is 0 Å². The third-order valence-electron chi connectivity index (χ3n) is 5.13. The number of rotatable bonds is 4. The molecule has 1 atom stereocenters. The number of anilines is 1. The minimum Gasteiger partial charge on any atom is -0.358 e. The molecule has 0 aliphatic carbocycles. The Morgan fingerprint density at radius 1 is 1.07 bits per heavy atom. The molecule has 0 bridgehead atoms. The number of aromatic amines is 1. The summed E-state index contributed by atoms with van der Waals surface area (Å²) in [5.41, 5.74) is 3.77. The van der Waals surface area contributed by atoms with Gasteiger partial charge in [-0.1, -0.05) is 35.9 Å². The number of H-pyrrole nitrogens is 1. The van der Waals surface area contributed by atoms with Crippen molar-refractivity contribution in [3.05, 3.63) is 65.4 Å². The molecule has 0 unspecified atom stereocenters. The summed E-state index contributed by atoms with van der Waals surface area (Å²) in [7, 11) is 0. The third kappa shape index (κ3) is 3.17. The highest BCUT2D eigenvalue weighted by Crippen LogP contribution is 2.24. The zero-order valence-electron chi connectivity index (χ0n) is 15.8. The summed E-state index contributed by atoms with van der Waals surface area (Å²) in [6, 6.07) is 14.7. The average Bonchev–Trinajstić information content (AvgIpc) is 3.20. The number of hydrogen-bond acceptors (Lipinski definition) is 3. The molecule has 1 aliphatic rings. The van der Waals surface area contributed by atoms with Crippen molar-refractivity contribution in [2.45, 2.75) is 26.3 Å². The summed E-state index contributed by atoms with van der Waals surface area (Å²) in [4.78, 5) is 42.5. The monoisotopic (exact) mass is 375 g/mol. The zero-order chi connectivity index (χ0) is 19.8. The number of carbonyl (C=O) groups is 3. The lowest BCUT2D eigenvalue weighted by atomic mass is 10.1. The van der Waals surface area contributed by atoms with Crippen LogP contribution in [0.15, 0.2) is 48.5 Å². The van der Waals surface area contributed by atoms with E-state index in [0.717, 1.165) is 22.2 Å². The Hall–Kier alpha value is -3.41. The summed E-state index contributed by atoms with van der Waals surface area (Å²) in [6.07, 6.45) is 0.180. The van der Waals surface area contributed by atoms with E-state index in [2.05, 4.69) is 10.3 Å². The first-order valence-corrected chi connectivity index (χ1v) is 9.23. The van der Waals surface area contributed by atoms with Gasteiger partial charge in [0.1, 0.15) is 0 Å². The van der Waals surface area contributed by atoms with E-state index < -0.39 is 17.7 Å². The molecule has 2 N–H and O–H groups in total. The molecule has 2 aromatic carbocycles. The number of fused-ring (bicyclic) bond motifs is 1. The van der Waals surface area contributed by atoms with Gasteiger partial charge in [-0.15, -0.1) is 0 Å². The molecule has 1 aromatic heterocycles. The minimum absolute atomic E-state index is 0.0649. The van der Waals surface area contributed by atoms with Crippen LogP contribution in [0.3, 0.4) is 0 Å². The molecule has 0 spiro atoms. The van der Waals surface area contributed by atoms with Gasteiger partial charge in [-0.05, 0) is 32.0 Å². The van der Waals surface area contributed by atoms with E-state index >= 15 is 0 Å². The average molecular weight is 375 g/mol. The molecular weight excluding hydrogens is 354 g/mol. The van der Waals surface area contributed by atoms with Crippen molar-refractivity contribution in [1.82, 2.24) is 10.3 Å². The van der Waals surface area contributed by atoms with Crippen molar-refractivity contribution in [3.63, 3.8) is 0 Å². The van der Waals surface area contributed by atoms with Gasteiger partial charge in [0.25, 0.3) is 11.7 Å². The fourth-order valence-electron chi connectivity index (χ4n) is 3.71. The van der Waals surface area contributed by atoms with Gasteiger partial charge in [-0.2, -0.15) is 0 Å².